The van der Waals surface area contributed by atoms with Crippen LogP contribution in [0, 0.1) is 20.8 Å². The van der Waals surface area contributed by atoms with E-state index in [0.717, 1.165) is 27.7 Å². The molecule has 166 valence electrons. The Morgan fingerprint density at radius 1 is 1.16 bits per heavy atom. The van der Waals surface area contributed by atoms with Gasteiger partial charge in [0.25, 0.3) is 0 Å². The van der Waals surface area contributed by atoms with Crippen LogP contribution in [-0.2, 0) is 9.53 Å². The van der Waals surface area contributed by atoms with E-state index in [9.17, 15) is 4.79 Å². The van der Waals surface area contributed by atoms with Crippen molar-refractivity contribution in [3.05, 3.63) is 62.5 Å². The largest absolute Gasteiger partial charge is 0.378 e. The Bertz CT molecular complexity index is 1210. The van der Waals surface area contributed by atoms with E-state index < -0.39 is 6.04 Å². The SMILES string of the molecule is Cc1sc2c(c1C)C(c1ccc(Cl)cc1)=N[C@@H](CC(=O)N1CCOCC1)c1nnc(C)n1-2. The van der Waals surface area contributed by atoms with E-state index in [2.05, 4.69) is 28.6 Å². The number of rotatable bonds is 3. The first-order chi connectivity index (χ1) is 15.4. The van der Waals surface area contributed by atoms with Crippen LogP contribution in [0.4, 0.5) is 0 Å². The van der Waals surface area contributed by atoms with Gasteiger partial charge in [0.15, 0.2) is 5.82 Å². The number of hydrogen-bond donors (Lipinski definition) is 0. The number of amides is 1. The number of aliphatic imine (C=N–C) groups is 1. The second-order valence-corrected chi connectivity index (χ2v) is 9.74. The molecule has 32 heavy (non-hydrogen) atoms. The van der Waals surface area contributed by atoms with Gasteiger partial charge < -0.3 is 9.64 Å². The minimum atomic E-state index is -0.434. The summed E-state index contributed by atoms with van der Waals surface area (Å²) in [6, 6.07) is 7.28. The molecule has 1 atom stereocenters. The molecule has 0 saturated carbocycles. The molecule has 3 aromatic rings. The Morgan fingerprint density at radius 3 is 2.59 bits per heavy atom. The van der Waals surface area contributed by atoms with Gasteiger partial charge in [-0.2, -0.15) is 0 Å². The number of aromatic nitrogens is 3. The van der Waals surface area contributed by atoms with E-state index in [0.29, 0.717) is 37.2 Å². The van der Waals surface area contributed by atoms with Crippen LogP contribution >= 0.6 is 22.9 Å². The molecule has 1 aromatic carbocycles. The highest BCUT2D eigenvalue weighted by molar-refractivity contribution is 7.15. The molecular weight excluding hydrogens is 446 g/mol. The average molecular weight is 470 g/mol. The Balaban J connectivity index is 1.66. The highest BCUT2D eigenvalue weighted by Gasteiger charge is 2.33. The molecule has 0 radical (unpaired) electrons. The number of benzene rings is 1. The molecule has 2 aliphatic heterocycles. The fourth-order valence-electron chi connectivity index (χ4n) is 4.24. The summed E-state index contributed by atoms with van der Waals surface area (Å²) in [5.74, 6) is 1.55. The van der Waals surface area contributed by atoms with Crippen LogP contribution < -0.4 is 0 Å². The maximum atomic E-state index is 13.1. The first-order valence-corrected chi connectivity index (χ1v) is 11.9. The number of fused-ring (bicyclic) bond motifs is 3. The summed E-state index contributed by atoms with van der Waals surface area (Å²) in [5.41, 5.74) is 4.08. The van der Waals surface area contributed by atoms with Crippen molar-refractivity contribution in [3.63, 3.8) is 0 Å². The molecule has 0 N–H and O–H groups in total. The molecule has 0 bridgehead atoms. The van der Waals surface area contributed by atoms with E-state index in [-0.39, 0.29) is 12.3 Å². The summed E-state index contributed by atoms with van der Waals surface area (Å²) in [4.78, 5) is 21.4. The lowest BCUT2D eigenvalue weighted by Crippen LogP contribution is -2.41. The molecule has 7 nitrogen and oxygen atoms in total. The first kappa shape index (κ1) is 21.3. The molecular formula is C23H24ClN5O2S. The number of halogens is 1. The lowest BCUT2D eigenvalue weighted by Gasteiger charge is -2.27. The molecule has 2 aromatic heterocycles. The standard InChI is InChI=1S/C23H24ClN5O2S/c1-13-14(2)32-23-20(13)21(16-4-6-17(24)7-5-16)25-18(22-27-26-15(3)29(22)23)12-19(30)28-8-10-31-11-9-28/h4-7,18H,8-12H2,1-3H3/t18-/m0/s1. The molecule has 1 saturated heterocycles. The smallest absolute Gasteiger partial charge is 0.225 e. The van der Waals surface area contributed by atoms with Crippen molar-refractivity contribution in [2.45, 2.75) is 33.2 Å². The minimum Gasteiger partial charge on any atom is -0.378 e. The topological polar surface area (TPSA) is 72.6 Å². The molecule has 9 heteroatoms. The van der Waals surface area contributed by atoms with Crippen molar-refractivity contribution in [2.24, 2.45) is 4.99 Å². The summed E-state index contributed by atoms with van der Waals surface area (Å²) < 4.78 is 7.48. The van der Waals surface area contributed by atoms with Gasteiger partial charge in [-0.15, -0.1) is 21.5 Å². The van der Waals surface area contributed by atoms with Crippen LogP contribution in [0.1, 0.15) is 45.7 Å². The van der Waals surface area contributed by atoms with Gasteiger partial charge in [0, 0.05) is 34.1 Å². The highest BCUT2D eigenvalue weighted by atomic mass is 35.5. The van der Waals surface area contributed by atoms with Gasteiger partial charge in [0.2, 0.25) is 5.91 Å². The predicted octanol–water partition coefficient (Wildman–Crippen LogP) is 4.05. The van der Waals surface area contributed by atoms with Crippen molar-refractivity contribution in [3.8, 4) is 5.00 Å². The predicted molar refractivity (Wildman–Crippen MR) is 125 cm³/mol. The van der Waals surface area contributed by atoms with Crippen LogP contribution in [0.2, 0.25) is 5.02 Å². The number of morpholine rings is 1. The molecule has 1 amide bonds. The molecule has 0 aliphatic carbocycles. The summed E-state index contributed by atoms with van der Waals surface area (Å²) in [7, 11) is 0. The van der Waals surface area contributed by atoms with Crippen molar-refractivity contribution >= 4 is 34.6 Å². The van der Waals surface area contributed by atoms with Gasteiger partial charge in [0.1, 0.15) is 16.9 Å². The van der Waals surface area contributed by atoms with Crippen molar-refractivity contribution < 1.29 is 9.53 Å². The summed E-state index contributed by atoms with van der Waals surface area (Å²) in [5, 5.41) is 10.5. The summed E-state index contributed by atoms with van der Waals surface area (Å²) in [6.45, 7) is 8.54. The maximum Gasteiger partial charge on any atom is 0.225 e. The number of aryl methyl sites for hydroxylation is 2. The molecule has 2 aliphatic rings. The lowest BCUT2D eigenvalue weighted by atomic mass is 9.99. The number of ether oxygens (including phenoxy) is 1. The average Bonchev–Trinajstić information content (AvgIpc) is 3.27. The van der Waals surface area contributed by atoms with E-state index in [1.54, 1.807) is 11.3 Å². The zero-order chi connectivity index (χ0) is 22.4. The van der Waals surface area contributed by atoms with E-state index in [1.165, 1.54) is 10.4 Å². The normalized spacial score (nSPS) is 18.1. The Kier molecular flexibility index (Phi) is 5.61. The van der Waals surface area contributed by atoms with Crippen LogP contribution in [0.25, 0.3) is 5.00 Å². The minimum absolute atomic E-state index is 0.0582. The van der Waals surface area contributed by atoms with E-state index in [1.807, 2.05) is 36.1 Å². The lowest BCUT2D eigenvalue weighted by molar-refractivity contribution is -0.135. The van der Waals surface area contributed by atoms with Gasteiger partial charge in [-0.1, -0.05) is 23.7 Å². The third-order valence-electron chi connectivity index (χ3n) is 6.09. The second-order valence-electron chi connectivity index (χ2n) is 8.10. The second kappa shape index (κ2) is 8.42. The van der Waals surface area contributed by atoms with Crippen LogP contribution in [0.15, 0.2) is 29.3 Å². The van der Waals surface area contributed by atoms with Gasteiger partial charge >= 0.3 is 0 Å². The van der Waals surface area contributed by atoms with Crippen LogP contribution in [0.5, 0.6) is 0 Å². The molecule has 0 unspecified atom stereocenters. The maximum absolute atomic E-state index is 13.1. The molecule has 0 spiro atoms. The Morgan fingerprint density at radius 2 is 1.88 bits per heavy atom. The number of thiophene rings is 1. The Labute approximate surface area is 195 Å². The van der Waals surface area contributed by atoms with Gasteiger partial charge in [0.05, 0.1) is 25.3 Å². The quantitative estimate of drug-likeness (QED) is 0.580. The Hall–Kier alpha value is -2.55. The van der Waals surface area contributed by atoms with Crippen LogP contribution in [0.3, 0.4) is 0 Å². The number of hydrogen-bond acceptors (Lipinski definition) is 6. The van der Waals surface area contributed by atoms with Gasteiger partial charge in [-0.25, -0.2) is 0 Å². The van der Waals surface area contributed by atoms with E-state index in [4.69, 9.17) is 21.3 Å². The molecule has 5 rings (SSSR count). The third kappa shape index (κ3) is 3.66. The van der Waals surface area contributed by atoms with Crippen molar-refractivity contribution in [2.75, 3.05) is 26.3 Å². The van der Waals surface area contributed by atoms with Crippen molar-refractivity contribution in [1.29, 1.82) is 0 Å². The van der Waals surface area contributed by atoms with E-state index >= 15 is 0 Å². The molecule has 4 heterocycles. The van der Waals surface area contributed by atoms with Gasteiger partial charge in [-0.3, -0.25) is 14.4 Å². The van der Waals surface area contributed by atoms with Crippen LogP contribution in [-0.4, -0.2) is 57.6 Å². The van der Waals surface area contributed by atoms with Crippen molar-refractivity contribution in [1.82, 2.24) is 19.7 Å². The third-order valence-corrected chi connectivity index (χ3v) is 7.53. The monoisotopic (exact) mass is 469 g/mol. The zero-order valence-corrected chi connectivity index (χ0v) is 19.8. The summed E-state index contributed by atoms with van der Waals surface area (Å²) >= 11 is 7.86. The molecule has 1 fully saturated rings. The fourth-order valence-corrected chi connectivity index (χ4v) is 5.58. The number of carbonyl (C=O) groups is 1. The number of carbonyl (C=O) groups excluding carboxylic acids is 1. The highest BCUT2D eigenvalue weighted by Crippen LogP contribution is 2.39. The first-order valence-electron chi connectivity index (χ1n) is 10.7. The van der Waals surface area contributed by atoms with Gasteiger partial charge in [-0.05, 0) is 38.5 Å². The number of nitrogens with zero attached hydrogens (tertiary/aromatic N) is 5. The zero-order valence-electron chi connectivity index (χ0n) is 18.3. The summed E-state index contributed by atoms with van der Waals surface area (Å²) in [6.07, 6.45) is 0.238. The fraction of sp³-hybridized carbons (Fsp3) is 0.391.